The van der Waals surface area contributed by atoms with E-state index in [1.54, 1.807) is 0 Å². The van der Waals surface area contributed by atoms with Crippen molar-refractivity contribution in [3.05, 3.63) is 23.9 Å². The number of anilines is 1. The lowest BCUT2D eigenvalue weighted by molar-refractivity contribution is -0.187. The molecule has 0 radical (unpaired) electrons. The van der Waals surface area contributed by atoms with E-state index in [0.717, 1.165) is 44.4 Å². The molecule has 4 bridgehead atoms. The third-order valence-electron chi connectivity index (χ3n) is 8.24. The molecular weight excluding hydrogens is 473 g/mol. The molecular formula is C25H31F3N6O2. The predicted octanol–water partition coefficient (Wildman–Crippen LogP) is 3.20. The van der Waals surface area contributed by atoms with Gasteiger partial charge in [-0.15, -0.1) is 0 Å². The molecule has 0 spiro atoms. The molecule has 5 fully saturated rings. The summed E-state index contributed by atoms with van der Waals surface area (Å²) in [7, 11) is 0. The Labute approximate surface area is 208 Å². The summed E-state index contributed by atoms with van der Waals surface area (Å²) in [6.45, 7) is 4.61. The van der Waals surface area contributed by atoms with Crippen molar-refractivity contribution in [1.29, 1.82) is 5.26 Å². The van der Waals surface area contributed by atoms with Gasteiger partial charge in [0.2, 0.25) is 6.19 Å². The number of nitrogens with zero attached hydrogens (tertiary/aromatic N) is 5. The molecule has 2 heterocycles. The maximum atomic E-state index is 12.8. The average Bonchev–Trinajstić information content (AvgIpc) is 2.80. The zero-order valence-corrected chi connectivity index (χ0v) is 20.3. The number of carbonyl (C=O) groups is 1. The Bertz CT molecular complexity index is 1030. The van der Waals surface area contributed by atoms with Gasteiger partial charge in [-0.05, 0) is 62.0 Å². The Morgan fingerprint density at radius 1 is 1.22 bits per heavy atom. The number of ether oxygens (including phenoxy) is 1. The van der Waals surface area contributed by atoms with E-state index in [9.17, 15) is 23.2 Å². The molecule has 1 aromatic rings. The lowest BCUT2D eigenvalue weighted by Crippen LogP contribution is -2.63. The van der Waals surface area contributed by atoms with E-state index in [0.29, 0.717) is 62.1 Å². The van der Waals surface area contributed by atoms with Gasteiger partial charge in [0.15, 0.2) is 0 Å². The lowest BCUT2D eigenvalue weighted by Gasteiger charge is -2.59. The summed E-state index contributed by atoms with van der Waals surface area (Å²) < 4.78 is 44.3. The Morgan fingerprint density at radius 3 is 2.47 bits per heavy atom. The summed E-state index contributed by atoms with van der Waals surface area (Å²) >= 11 is 0. The highest BCUT2D eigenvalue weighted by atomic mass is 19.4. The summed E-state index contributed by atoms with van der Waals surface area (Å²) in [6.07, 6.45) is 3.30. The summed E-state index contributed by atoms with van der Waals surface area (Å²) in [5.41, 5.74) is -1.08. The summed E-state index contributed by atoms with van der Waals surface area (Å²) in [6, 6.07) is 2.69. The molecule has 36 heavy (non-hydrogen) atoms. The fourth-order valence-electron chi connectivity index (χ4n) is 7.07. The molecule has 4 aliphatic carbocycles. The third-order valence-corrected chi connectivity index (χ3v) is 8.24. The molecule has 2 unspecified atom stereocenters. The van der Waals surface area contributed by atoms with Crippen LogP contribution in [-0.4, -0.2) is 66.1 Å². The Balaban J connectivity index is 1.17. The van der Waals surface area contributed by atoms with Gasteiger partial charge >= 0.3 is 12.1 Å². The van der Waals surface area contributed by atoms with E-state index < -0.39 is 11.7 Å². The standard InChI is InChI=1S/C25H31F3N6O2/c1-16(35)36-24-10-17-8-18(11-24)23(19(9-17)12-24)32-21(31-15-29)14-33-4-6-34(7-5-33)22-3-2-20(13-30-22)25(26,27)28/h2-3,13,17-19,23H,4-12,14H2,1H3,(H,31,32). The fraction of sp³-hybridized carbons (Fsp3) is 0.680. The van der Waals surface area contributed by atoms with Crippen molar-refractivity contribution in [3.63, 3.8) is 0 Å². The number of aromatic nitrogens is 1. The molecule has 0 aromatic carbocycles. The molecule has 11 heteroatoms. The zero-order valence-electron chi connectivity index (χ0n) is 20.3. The minimum absolute atomic E-state index is 0.209. The number of piperazine rings is 1. The van der Waals surface area contributed by atoms with E-state index in [4.69, 9.17) is 4.74 Å². The van der Waals surface area contributed by atoms with Gasteiger partial charge in [0.1, 0.15) is 17.3 Å². The quantitative estimate of drug-likeness (QED) is 0.285. The predicted molar refractivity (Wildman–Crippen MR) is 126 cm³/mol. The largest absolute Gasteiger partial charge is 0.459 e. The number of esters is 1. The average molecular weight is 505 g/mol. The van der Waals surface area contributed by atoms with Crippen molar-refractivity contribution in [2.75, 3.05) is 37.6 Å². The first-order valence-electron chi connectivity index (χ1n) is 12.6. The van der Waals surface area contributed by atoms with E-state index in [-0.39, 0.29) is 17.6 Å². The van der Waals surface area contributed by atoms with Crippen molar-refractivity contribution < 1.29 is 22.7 Å². The number of rotatable bonds is 5. The number of aliphatic imine (C=N–C) groups is 1. The van der Waals surface area contributed by atoms with Gasteiger partial charge in [-0.25, -0.2) is 4.98 Å². The minimum Gasteiger partial charge on any atom is -0.459 e. The second-order valence-electron chi connectivity index (χ2n) is 10.7. The van der Waals surface area contributed by atoms with Crippen molar-refractivity contribution in [3.8, 4) is 6.19 Å². The second kappa shape index (κ2) is 9.54. The van der Waals surface area contributed by atoms with Crippen LogP contribution in [0.1, 0.15) is 44.6 Å². The number of amidine groups is 1. The van der Waals surface area contributed by atoms with E-state index in [1.807, 2.05) is 11.1 Å². The van der Waals surface area contributed by atoms with Gasteiger partial charge in [0, 0.05) is 45.3 Å². The molecule has 1 N–H and O–H groups in total. The van der Waals surface area contributed by atoms with Gasteiger partial charge < -0.3 is 15.0 Å². The highest BCUT2D eigenvalue weighted by Gasteiger charge is 2.57. The smallest absolute Gasteiger partial charge is 0.417 e. The topological polar surface area (TPSA) is 93.8 Å². The van der Waals surface area contributed by atoms with Crippen molar-refractivity contribution >= 4 is 17.6 Å². The third kappa shape index (κ3) is 5.14. The summed E-state index contributed by atoms with van der Waals surface area (Å²) in [5, 5.41) is 12.9. The number of hydrogen-bond donors (Lipinski definition) is 1. The molecule has 8 nitrogen and oxygen atoms in total. The van der Waals surface area contributed by atoms with Crippen molar-refractivity contribution in [2.24, 2.45) is 22.7 Å². The molecule has 1 saturated heterocycles. The second-order valence-corrected chi connectivity index (χ2v) is 10.7. The van der Waals surface area contributed by atoms with E-state index >= 15 is 0 Å². The first-order valence-corrected chi connectivity index (χ1v) is 12.6. The van der Waals surface area contributed by atoms with Crippen molar-refractivity contribution in [2.45, 2.75) is 56.8 Å². The number of nitriles is 1. The number of alkyl halides is 3. The number of pyridine rings is 1. The highest BCUT2D eigenvalue weighted by Crippen LogP contribution is 2.57. The van der Waals surface area contributed by atoms with E-state index in [1.165, 1.54) is 13.0 Å². The van der Waals surface area contributed by atoms with Gasteiger partial charge in [0.25, 0.3) is 0 Å². The van der Waals surface area contributed by atoms with Crippen LogP contribution in [0, 0.1) is 29.2 Å². The van der Waals surface area contributed by atoms with Crippen LogP contribution >= 0.6 is 0 Å². The number of nitrogens with one attached hydrogen (secondary N) is 1. The van der Waals surface area contributed by atoms with Crippen LogP contribution in [0.2, 0.25) is 0 Å². The Morgan fingerprint density at radius 2 is 1.92 bits per heavy atom. The number of carbonyl (C=O) groups excluding carboxylic acids is 1. The Hall–Kier alpha value is -2.87. The molecule has 6 rings (SSSR count). The summed E-state index contributed by atoms with van der Waals surface area (Å²) in [5.74, 6) is 2.34. The maximum Gasteiger partial charge on any atom is 0.417 e. The lowest BCUT2D eigenvalue weighted by atomic mass is 9.52. The molecule has 1 aromatic heterocycles. The normalized spacial score (nSPS) is 32.3. The number of halogens is 3. The zero-order chi connectivity index (χ0) is 25.5. The van der Waals surface area contributed by atoms with Gasteiger partial charge in [-0.1, -0.05) is 0 Å². The van der Waals surface area contributed by atoms with Gasteiger partial charge in [-0.3, -0.25) is 9.69 Å². The van der Waals surface area contributed by atoms with Crippen LogP contribution in [0.5, 0.6) is 0 Å². The molecule has 194 valence electrons. The molecule has 2 atom stereocenters. The first kappa shape index (κ1) is 24.8. The van der Waals surface area contributed by atoms with Crippen LogP contribution in [0.15, 0.2) is 23.3 Å². The monoisotopic (exact) mass is 504 g/mol. The molecule has 1 aliphatic heterocycles. The van der Waals surface area contributed by atoms with Gasteiger partial charge in [-0.2, -0.15) is 23.4 Å². The maximum absolute atomic E-state index is 12.8. The van der Waals surface area contributed by atoms with Crippen LogP contribution in [0.25, 0.3) is 0 Å². The minimum atomic E-state index is -4.40. The van der Waals surface area contributed by atoms with Gasteiger partial charge in [0.05, 0.1) is 12.1 Å². The summed E-state index contributed by atoms with van der Waals surface area (Å²) in [4.78, 5) is 24.0. The van der Waals surface area contributed by atoms with E-state index in [2.05, 4.69) is 20.2 Å². The van der Waals surface area contributed by atoms with Crippen LogP contribution in [0.4, 0.5) is 19.0 Å². The van der Waals surface area contributed by atoms with Crippen molar-refractivity contribution in [1.82, 2.24) is 15.2 Å². The van der Waals surface area contributed by atoms with Crippen LogP contribution < -0.4 is 10.2 Å². The number of hydrogen-bond acceptors (Lipinski definition) is 7. The molecule has 4 saturated carbocycles. The van der Waals surface area contributed by atoms with Crippen LogP contribution in [0.3, 0.4) is 0 Å². The van der Waals surface area contributed by atoms with Crippen LogP contribution in [-0.2, 0) is 15.7 Å². The first-order chi connectivity index (χ1) is 17.1. The molecule has 0 amide bonds. The highest BCUT2D eigenvalue weighted by molar-refractivity contribution is 5.85. The molecule has 5 aliphatic rings. The fourth-order valence-corrected chi connectivity index (χ4v) is 7.07. The Kier molecular flexibility index (Phi) is 6.57. The SMILES string of the molecule is CC(=O)OC12CC3CC(C1)C(N/C(CN1CCN(c4ccc(C(F)(F)F)cn4)CC1)=N/C#N)C(C3)C2.